The van der Waals surface area contributed by atoms with Crippen molar-refractivity contribution in [2.45, 2.75) is 19.9 Å². The quantitative estimate of drug-likeness (QED) is 0.853. The molecule has 3 rings (SSSR count). The molecule has 1 aliphatic rings. The number of carbonyl (C=O) groups excluding carboxylic acids is 1. The van der Waals surface area contributed by atoms with E-state index in [2.05, 4.69) is 15.3 Å². The molecule has 0 saturated heterocycles. The van der Waals surface area contributed by atoms with Crippen LogP contribution in [0.2, 0.25) is 0 Å². The first kappa shape index (κ1) is 13.7. The van der Waals surface area contributed by atoms with Crippen LogP contribution in [0.5, 0.6) is 0 Å². The Morgan fingerprint density at radius 2 is 2.19 bits per heavy atom. The van der Waals surface area contributed by atoms with Crippen LogP contribution in [-0.4, -0.2) is 29.6 Å². The molecule has 0 spiro atoms. The van der Waals surface area contributed by atoms with Crippen LogP contribution >= 0.6 is 0 Å². The molecule has 2 aromatic rings. The van der Waals surface area contributed by atoms with E-state index in [1.165, 1.54) is 7.11 Å². The lowest BCUT2D eigenvalue weighted by atomic mass is 10.0. The Balaban J connectivity index is 2.16. The molecular formula is C16H17N3O2. The lowest BCUT2D eigenvalue weighted by molar-refractivity contribution is 0.0592. The number of hydrogen-bond acceptors (Lipinski definition) is 5. The van der Waals surface area contributed by atoms with Gasteiger partial charge in [0.05, 0.1) is 12.8 Å². The third-order valence-electron chi connectivity index (χ3n) is 3.59. The number of carbonyl (C=O) groups is 1. The van der Waals surface area contributed by atoms with Crippen molar-refractivity contribution in [1.82, 2.24) is 15.3 Å². The largest absolute Gasteiger partial charge is 0.464 e. The molecule has 0 aliphatic carbocycles. The molecule has 0 bridgehead atoms. The standard InChI is InChI=1S/C16H17N3O2/c1-10-4-3-5-11(8-10)15-18-13-6-7-17-9-12(13)14(19-15)16(20)21-2/h3-5,8,17H,6-7,9H2,1-2H3. The number of hydrogen-bond donors (Lipinski definition) is 1. The van der Waals surface area contributed by atoms with E-state index in [1.807, 2.05) is 31.2 Å². The van der Waals surface area contributed by atoms with Crippen molar-refractivity contribution in [2.75, 3.05) is 13.7 Å². The van der Waals surface area contributed by atoms with E-state index in [0.717, 1.165) is 35.3 Å². The number of fused-ring (bicyclic) bond motifs is 1. The van der Waals surface area contributed by atoms with Crippen molar-refractivity contribution in [1.29, 1.82) is 0 Å². The van der Waals surface area contributed by atoms with Gasteiger partial charge in [0, 0.05) is 30.6 Å². The number of benzene rings is 1. The highest BCUT2D eigenvalue weighted by molar-refractivity contribution is 5.89. The second kappa shape index (κ2) is 5.61. The zero-order chi connectivity index (χ0) is 14.8. The normalized spacial score (nSPS) is 13.6. The van der Waals surface area contributed by atoms with Crippen LogP contribution in [0.1, 0.15) is 27.3 Å². The number of methoxy groups -OCH3 is 1. The number of ether oxygens (including phenoxy) is 1. The van der Waals surface area contributed by atoms with Crippen LogP contribution < -0.4 is 5.32 Å². The molecule has 0 radical (unpaired) electrons. The molecule has 1 N–H and O–H groups in total. The van der Waals surface area contributed by atoms with Crippen molar-refractivity contribution in [2.24, 2.45) is 0 Å². The van der Waals surface area contributed by atoms with Crippen molar-refractivity contribution in [3.8, 4) is 11.4 Å². The number of nitrogens with zero attached hydrogens (tertiary/aromatic N) is 2. The fraction of sp³-hybridized carbons (Fsp3) is 0.312. The molecule has 5 heteroatoms. The lowest BCUT2D eigenvalue weighted by Gasteiger charge is -2.19. The van der Waals surface area contributed by atoms with Crippen molar-refractivity contribution >= 4 is 5.97 Å². The Morgan fingerprint density at radius 1 is 1.33 bits per heavy atom. The van der Waals surface area contributed by atoms with Crippen LogP contribution in [0.15, 0.2) is 24.3 Å². The van der Waals surface area contributed by atoms with Gasteiger partial charge < -0.3 is 10.1 Å². The van der Waals surface area contributed by atoms with E-state index in [9.17, 15) is 4.79 Å². The van der Waals surface area contributed by atoms with E-state index in [1.54, 1.807) is 0 Å². The summed E-state index contributed by atoms with van der Waals surface area (Å²) in [6.45, 7) is 3.48. The van der Waals surface area contributed by atoms with Gasteiger partial charge in [-0.1, -0.05) is 23.8 Å². The van der Waals surface area contributed by atoms with Gasteiger partial charge in [-0.25, -0.2) is 14.8 Å². The molecule has 1 aliphatic heterocycles. The van der Waals surface area contributed by atoms with Crippen LogP contribution in [0, 0.1) is 6.92 Å². The second-order valence-corrected chi connectivity index (χ2v) is 5.11. The third-order valence-corrected chi connectivity index (χ3v) is 3.59. The van der Waals surface area contributed by atoms with Gasteiger partial charge in [0.1, 0.15) is 0 Å². The molecule has 21 heavy (non-hydrogen) atoms. The first-order valence-electron chi connectivity index (χ1n) is 6.95. The third kappa shape index (κ3) is 2.64. The summed E-state index contributed by atoms with van der Waals surface area (Å²) in [5.41, 5.74) is 4.20. The highest BCUT2D eigenvalue weighted by Gasteiger charge is 2.22. The summed E-state index contributed by atoms with van der Waals surface area (Å²) < 4.78 is 4.86. The summed E-state index contributed by atoms with van der Waals surface area (Å²) in [5.74, 6) is 0.172. The summed E-state index contributed by atoms with van der Waals surface area (Å²) in [4.78, 5) is 21.1. The number of rotatable bonds is 2. The van der Waals surface area contributed by atoms with Gasteiger partial charge >= 0.3 is 5.97 Å². The van der Waals surface area contributed by atoms with E-state index in [4.69, 9.17) is 4.74 Å². The Kier molecular flexibility index (Phi) is 3.66. The van der Waals surface area contributed by atoms with E-state index >= 15 is 0 Å². The van der Waals surface area contributed by atoms with Gasteiger partial charge in [-0.3, -0.25) is 0 Å². The molecule has 0 amide bonds. The highest BCUT2D eigenvalue weighted by Crippen LogP contribution is 2.22. The van der Waals surface area contributed by atoms with Crippen molar-refractivity contribution in [3.63, 3.8) is 0 Å². The molecule has 108 valence electrons. The molecule has 2 heterocycles. The van der Waals surface area contributed by atoms with Crippen LogP contribution in [-0.2, 0) is 17.7 Å². The molecule has 1 aromatic heterocycles. The lowest BCUT2D eigenvalue weighted by Crippen LogP contribution is -2.28. The second-order valence-electron chi connectivity index (χ2n) is 5.11. The summed E-state index contributed by atoms with van der Waals surface area (Å²) in [6.07, 6.45) is 0.792. The van der Waals surface area contributed by atoms with Crippen LogP contribution in [0.3, 0.4) is 0 Å². The summed E-state index contributed by atoms with van der Waals surface area (Å²) in [5, 5.41) is 3.24. The van der Waals surface area contributed by atoms with Crippen LogP contribution in [0.4, 0.5) is 0 Å². The maximum atomic E-state index is 12.0. The van der Waals surface area contributed by atoms with E-state index < -0.39 is 5.97 Å². The van der Waals surface area contributed by atoms with Gasteiger partial charge in [0.2, 0.25) is 0 Å². The molecule has 0 saturated carbocycles. The van der Waals surface area contributed by atoms with Gasteiger partial charge in [-0.05, 0) is 13.0 Å². The molecular weight excluding hydrogens is 266 g/mol. The highest BCUT2D eigenvalue weighted by atomic mass is 16.5. The fourth-order valence-electron chi connectivity index (χ4n) is 2.52. The minimum atomic E-state index is -0.411. The van der Waals surface area contributed by atoms with Crippen LogP contribution in [0.25, 0.3) is 11.4 Å². The van der Waals surface area contributed by atoms with E-state index in [0.29, 0.717) is 18.1 Å². The number of aryl methyl sites for hydroxylation is 1. The predicted molar refractivity (Wildman–Crippen MR) is 79.0 cm³/mol. The summed E-state index contributed by atoms with van der Waals surface area (Å²) in [7, 11) is 1.37. The van der Waals surface area contributed by atoms with Crippen molar-refractivity contribution in [3.05, 3.63) is 46.8 Å². The first-order valence-corrected chi connectivity index (χ1v) is 6.95. The van der Waals surface area contributed by atoms with Gasteiger partial charge in [-0.2, -0.15) is 0 Å². The number of nitrogens with one attached hydrogen (secondary N) is 1. The van der Waals surface area contributed by atoms with Gasteiger partial charge in [0.15, 0.2) is 11.5 Å². The SMILES string of the molecule is COC(=O)c1nc(-c2cccc(C)c2)nc2c1CNCC2. The monoisotopic (exact) mass is 283 g/mol. The Morgan fingerprint density at radius 3 is 2.95 bits per heavy atom. The molecule has 0 unspecified atom stereocenters. The molecule has 1 aromatic carbocycles. The summed E-state index contributed by atoms with van der Waals surface area (Å²) >= 11 is 0. The van der Waals surface area contributed by atoms with Gasteiger partial charge in [0.25, 0.3) is 0 Å². The zero-order valence-electron chi connectivity index (χ0n) is 12.1. The molecule has 0 atom stereocenters. The number of aromatic nitrogens is 2. The Hall–Kier alpha value is -2.27. The van der Waals surface area contributed by atoms with Crippen molar-refractivity contribution < 1.29 is 9.53 Å². The minimum absolute atomic E-state index is 0.367. The topological polar surface area (TPSA) is 64.1 Å². The molecule has 0 fully saturated rings. The smallest absolute Gasteiger partial charge is 0.357 e. The van der Waals surface area contributed by atoms with Gasteiger partial charge in [-0.15, -0.1) is 0 Å². The first-order chi connectivity index (χ1) is 10.2. The van der Waals surface area contributed by atoms with E-state index in [-0.39, 0.29) is 0 Å². The fourth-order valence-corrected chi connectivity index (χ4v) is 2.52. The maximum absolute atomic E-state index is 12.0. The Bertz CT molecular complexity index is 698. The minimum Gasteiger partial charge on any atom is -0.464 e. The average molecular weight is 283 g/mol. The average Bonchev–Trinajstić information content (AvgIpc) is 2.53. The predicted octanol–water partition coefficient (Wildman–Crippen LogP) is 1.88. The summed E-state index contributed by atoms with van der Waals surface area (Å²) in [6, 6.07) is 7.96. The Labute approximate surface area is 123 Å². The molecule has 5 nitrogen and oxygen atoms in total. The number of esters is 1. The zero-order valence-corrected chi connectivity index (χ0v) is 12.1. The maximum Gasteiger partial charge on any atom is 0.357 e.